The number of nitro groups is 2. The van der Waals surface area contributed by atoms with Crippen LogP contribution in [0.4, 0.5) is 11.4 Å². The largest absolute Gasteiger partial charge is 0.457 e. The second-order valence-corrected chi connectivity index (χ2v) is 4.81. The van der Waals surface area contributed by atoms with E-state index >= 15 is 0 Å². The third-order valence-corrected chi connectivity index (χ3v) is 3.05. The molecule has 0 N–H and O–H groups in total. The van der Waals surface area contributed by atoms with Gasteiger partial charge >= 0.3 is 5.97 Å². The summed E-state index contributed by atoms with van der Waals surface area (Å²) in [6, 6.07) is 9.94. The summed E-state index contributed by atoms with van der Waals surface area (Å²) in [6.45, 7) is 1.88. The van der Waals surface area contributed by atoms with Gasteiger partial charge in [0.25, 0.3) is 11.4 Å². The van der Waals surface area contributed by atoms with Crippen molar-refractivity contribution in [2.45, 2.75) is 13.5 Å². The lowest BCUT2D eigenvalue weighted by atomic mass is 10.1. The molecular weight excluding hydrogens is 304 g/mol. The molecule has 0 heterocycles. The minimum atomic E-state index is -0.864. The Bertz CT molecular complexity index is 738. The standard InChI is InChI=1S/C15H12N2O6/c1-10-2-4-11(5-3-10)9-23-15(18)12-6-13(16(19)20)8-14(7-12)17(21)22/h2-8H,9H2,1H3. The lowest BCUT2D eigenvalue weighted by molar-refractivity contribution is -0.394. The van der Waals surface area contributed by atoms with Gasteiger partial charge in [-0.2, -0.15) is 0 Å². The Morgan fingerprint density at radius 1 is 1.00 bits per heavy atom. The van der Waals surface area contributed by atoms with Gasteiger partial charge in [-0.15, -0.1) is 0 Å². The second kappa shape index (κ2) is 6.65. The van der Waals surface area contributed by atoms with Crippen molar-refractivity contribution in [3.8, 4) is 0 Å². The number of esters is 1. The first-order valence-electron chi connectivity index (χ1n) is 6.53. The molecule has 0 aliphatic rings. The number of nitrogens with zero attached hydrogens (tertiary/aromatic N) is 2. The normalized spacial score (nSPS) is 10.1. The molecule has 0 saturated heterocycles. The molecule has 0 aliphatic carbocycles. The molecule has 0 unspecified atom stereocenters. The van der Waals surface area contributed by atoms with Gasteiger partial charge in [0.05, 0.1) is 21.5 Å². The summed E-state index contributed by atoms with van der Waals surface area (Å²) in [4.78, 5) is 31.9. The third kappa shape index (κ3) is 4.10. The van der Waals surface area contributed by atoms with Crippen LogP contribution < -0.4 is 0 Å². The fraction of sp³-hybridized carbons (Fsp3) is 0.133. The fourth-order valence-electron chi connectivity index (χ4n) is 1.84. The van der Waals surface area contributed by atoms with Crippen LogP contribution in [0.25, 0.3) is 0 Å². The van der Waals surface area contributed by atoms with E-state index in [1.165, 1.54) is 0 Å². The molecule has 0 saturated carbocycles. The van der Waals surface area contributed by atoms with Crippen molar-refractivity contribution < 1.29 is 19.4 Å². The van der Waals surface area contributed by atoms with E-state index in [0.29, 0.717) is 0 Å². The minimum absolute atomic E-state index is 0.0321. The zero-order valence-electron chi connectivity index (χ0n) is 12.1. The smallest absolute Gasteiger partial charge is 0.338 e. The summed E-state index contributed by atoms with van der Waals surface area (Å²) in [5.74, 6) is -0.864. The molecule has 0 aromatic heterocycles. The summed E-state index contributed by atoms with van der Waals surface area (Å²) in [6.07, 6.45) is 0. The molecule has 2 rings (SSSR count). The Balaban J connectivity index is 2.19. The number of ether oxygens (including phenoxy) is 1. The van der Waals surface area contributed by atoms with Crippen LogP contribution in [0, 0.1) is 27.2 Å². The minimum Gasteiger partial charge on any atom is -0.457 e. The summed E-state index contributed by atoms with van der Waals surface area (Å²) in [5, 5.41) is 21.6. The van der Waals surface area contributed by atoms with E-state index in [1.807, 2.05) is 19.1 Å². The monoisotopic (exact) mass is 316 g/mol. The number of benzene rings is 2. The van der Waals surface area contributed by atoms with E-state index in [4.69, 9.17) is 4.74 Å². The quantitative estimate of drug-likeness (QED) is 0.475. The maximum atomic E-state index is 12.0. The van der Waals surface area contributed by atoms with Crippen molar-refractivity contribution >= 4 is 17.3 Å². The molecule has 23 heavy (non-hydrogen) atoms. The Morgan fingerprint density at radius 3 is 2.00 bits per heavy atom. The van der Waals surface area contributed by atoms with E-state index < -0.39 is 27.2 Å². The molecule has 0 amide bonds. The number of carbonyl (C=O) groups is 1. The fourth-order valence-corrected chi connectivity index (χ4v) is 1.84. The van der Waals surface area contributed by atoms with Crippen molar-refractivity contribution in [2.75, 3.05) is 0 Å². The molecule has 2 aromatic rings. The number of hydrogen-bond donors (Lipinski definition) is 0. The van der Waals surface area contributed by atoms with Gasteiger partial charge < -0.3 is 4.74 Å². The average molecular weight is 316 g/mol. The van der Waals surface area contributed by atoms with Crippen LogP contribution in [-0.4, -0.2) is 15.8 Å². The topological polar surface area (TPSA) is 113 Å². The van der Waals surface area contributed by atoms with Gasteiger partial charge in [0.2, 0.25) is 0 Å². The summed E-state index contributed by atoms with van der Waals surface area (Å²) in [5.41, 5.74) is 0.472. The number of aryl methyl sites for hydroxylation is 1. The first-order chi connectivity index (χ1) is 10.9. The second-order valence-electron chi connectivity index (χ2n) is 4.81. The molecular formula is C15H12N2O6. The van der Waals surface area contributed by atoms with Gasteiger partial charge in [0.15, 0.2) is 0 Å². The van der Waals surface area contributed by atoms with Crippen molar-refractivity contribution in [3.05, 3.63) is 79.4 Å². The van der Waals surface area contributed by atoms with Crippen LogP contribution in [0.1, 0.15) is 21.5 Å². The van der Waals surface area contributed by atoms with Crippen molar-refractivity contribution in [1.82, 2.24) is 0 Å². The van der Waals surface area contributed by atoms with Crippen LogP contribution >= 0.6 is 0 Å². The molecule has 2 aromatic carbocycles. The molecule has 118 valence electrons. The molecule has 0 atom stereocenters. The Hall–Kier alpha value is -3.29. The number of rotatable bonds is 5. The number of hydrogen-bond acceptors (Lipinski definition) is 6. The first kappa shape index (κ1) is 16.1. The SMILES string of the molecule is Cc1ccc(COC(=O)c2cc([N+](=O)[O-])cc([N+](=O)[O-])c2)cc1. The Kier molecular flexibility index (Phi) is 4.65. The molecule has 0 radical (unpaired) electrons. The highest BCUT2D eigenvalue weighted by molar-refractivity contribution is 5.91. The van der Waals surface area contributed by atoms with Crippen LogP contribution in [-0.2, 0) is 11.3 Å². The molecule has 0 bridgehead atoms. The number of carbonyl (C=O) groups excluding carboxylic acids is 1. The summed E-state index contributed by atoms with van der Waals surface area (Å²) in [7, 11) is 0. The Labute approximate surface area is 130 Å². The van der Waals surface area contributed by atoms with Gasteiger partial charge in [-0.25, -0.2) is 4.79 Å². The van der Waals surface area contributed by atoms with E-state index in [9.17, 15) is 25.0 Å². The number of non-ortho nitro benzene ring substituents is 2. The lowest BCUT2D eigenvalue weighted by Crippen LogP contribution is -2.07. The van der Waals surface area contributed by atoms with Crippen molar-refractivity contribution in [1.29, 1.82) is 0 Å². The maximum Gasteiger partial charge on any atom is 0.338 e. The first-order valence-corrected chi connectivity index (χ1v) is 6.53. The van der Waals surface area contributed by atoms with Gasteiger partial charge in [0.1, 0.15) is 6.61 Å². The number of nitro benzene ring substituents is 2. The summed E-state index contributed by atoms with van der Waals surface area (Å²) < 4.78 is 5.04. The zero-order chi connectivity index (χ0) is 17.0. The van der Waals surface area contributed by atoms with E-state index in [0.717, 1.165) is 29.3 Å². The average Bonchev–Trinajstić information content (AvgIpc) is 2.53. The molecule has 0 aliphatic heterocycles. The van der Waals surface area contributed by atoms with Gasteiger partial charge in [0, 0.05) is 12.1 Å². The van der Waals surface area contributed by atoms with E-state index in [-0.39, 0.29) is 12.2 Å². The zero-order valence-corrected chi connectivity index (χ0v) is 12.1. The van der Waals surface area contributed by atoms with Crippen LogP contribution in [0.2, 0.25) is 0 Å². The van der Waals surface area contributed by atoms with E-state index in [1.54, 1.807) is 12.1 Å². The van der Waals surface area contributed by atoms with Crippen LogP contribution in [0.3, 0.4) is 0 Å². The van der Waals surface area contributed by atoms with E-state index in [2.05, 4.69) is 0 Å². The van der Waals surface area contributed by atoms with Gasteiger partial charge in [-0.3, -0.25) is 20.2 Å². The van der Waals surface area contributed by atoms with Crippen LogP contribution in [0.15, 0.2) is 42.5 Å². The van der Waals surface area contributed by atoms with Gasteiger partial charge in [-0.05, 0) is 12.5 Å². The Morgan fingerprint density at radius 2 is 1.52 bits per heavy atom. The van der Waals surface area contributed by atoms with Crippen molar-refractivity contribution in [3.63, 3.8) is 0 Å². The maximum absolute atomic E-state index is 12.0. The van der Waals surface area contributed by atoms with Gasteiger partial charge in [-0.1, -0.05) is 29.8 Å². The lowest BCUT2D eigenvalue weighted by Gasteiger charge is -2.05. The highest BCUT2D eigenvalue weighted by atomic mass is 16.6. The van der Waals surface area contributed by atoms with Crippen molar-refractivity contribution in [2.24, 2.45) is 0 Å². The highest BCUT2D eigenvalue weighted by Gasteiger charge is 2.20. The molecule has 8 heteroatoms. The summed E-state index contributed by atoms with van der Waals surface area (Å²) >= 11 is 0. The molecule has 8 nitrogen and oxygen atoms in total. The molecule has 0 fully saturated rings. The highest BCUT2D eigenvalue weighted by Crippen LogP contribution is 2.23. The third-order valence-electron chi connectivity index (χ3n) is 3.05. The molecule has 0 spiro atoms. The predicted molar refractivity (Wildman–Crippen MR) is 80.0 cm³/mol. The predicted octanol–water partition coefficient (Wildman–Crippen LogP) is 3.17. The van der Waals surface area contributed by atoms with Crippen LogP contribution in [0.5, 0.6) is 0 Å².